The molecular formula is C23H29N3O3S. The first-order valence-electron chi connectivity index (χ1n) is 10.6. The molecule has 2 heterocycles. The van der Waals surface area contributed by atoms with Crippen LogP contribution in [-0.2, 0) is 27.7 Å². The number of carbonyl (C=O) groups excluding carboxylic acids is 1. The van der Waals surface area contributed by atoms with Gasteiger partial charge in [0, 0.05) is 11.7 Å². The number of piperidine rings is 1. The van der Waals surface area contributed by atoms with Gasteiger partial charge in [0.25, 0.3) is 0 Å². The van der Waals surface area contributed by atoms with Crippen molar-refractivity contribution in [3.05, 3.63) is 59.7 Å². The molecule has 1 amide bonds. The fourth-order valence-corrected chi connectivity index (χ4v) is 5.29. The first-order chi connectivity index (χ1) is 14.3. The van der Waals surface area contributed by atoms with Crippen LogP contribution in [0.5, 0.6) is 0 Å². The number of hydrogen-bond donors (Lipinski definition) is 1. The zero-order valence-corrected chi connectivity index (χ0v) is 18.1. The molecule has 2 aromatic carbocycles. The van der Waals surface area contributed by atoms with Crippen LogP contribution in [-0.4, -0.2) is 44.9 Å². The molecule has 1 saturated heterocycles. The number of nitrogens with two attached hydrogens (primary N) is 1. The molecule has 4 rings (SSSR count). The quantitative estimate of drug-likeness (QED) is 0.795. The van der Waals surface area contributed by atoms with Gasteiger partial charge in [-0.2, -0.15) is 0 Å². The van der Waals surface area contributed by atoms with Crippen LogP contribution in [0.4, 0.5) is 5.69 Å². The van der Waals surface area contributed by atoms with Gasteiger partial charge in [-0.3, -0.25) is 9.69 Å². The van der Waals surface area contributed by atoms with Gasteiger partial charge in [0.2, 0.25) is 15.9 Å². The number of carbonyl (C=O) groups is 1. The monoisotopic (exact) mass is 427 g/mol. The first-order valence-corrected chi connectivity index (χ1v) is 12.1. The van der Waals surface area contributed by atoms with E-state index in [9.17, 15) is 13.2 Å². The van der Waals surface area contributed by atoms with Gasteiger partial charge in [-0.25, -0.2) is 13.6 Å². The Morgan fingerprint density at radius 2 is 1.80 bits per heavy atom. The van der Waals surface area contributed by atoms with Crippen molar-refractivity contribution in [2.45, 2.75) is 43.5 Å². The summed E-state index contributed by atoms with van der Waals surface area (Å²) in [5, 5.41) is 5.25. The van der Waals surface area contributed by atoms with Gasteiger partial charge in [-0.15, -0.1) is 0 Å². The van der Waals surface area contributed by atoms with E-state index in [1.165, 1.54) is 11.6 Å². The fraction of sp³-hybridized carbons (Fsp3) is 0.435. The Morgan fingerprint density at radius 3 is 2.47 bits per heavy atom. The Labute approximate surface area is 178 Å². The van der Waals surface area contributed by atoms with E-state index in [-0.39, 0.29) is 16.8 Å². The number of likely N-dealkylation sites (tertiary alicyclic amines) is 1. The maximum atomic E-state index is 13.1. The number of primary sulfonamides is 1. The minimum Gasteiger partial charge on any atom is -0.308 e. The van der Waals surface area contributed by atoms with E-state index in [1.807, 2.05) is 17.9 Å². The lowest BCUT2D eigenvalue weighted by atomic mass is 9.90. The van der Waals surface area contributed by atoms with E-state index in [1.54, 1.807) is 12.1 Å². The Kier molecular flexibility index (Phi) is 5.95. The molecule has 2 aromatic rings. The molecule has 2 aliphatic heterocycles. The van der Waals surface area contributed by atoms with Gasteiger partial charge in [-0.05, 0) is 80.9 Å². The van der Waals surface area contributed by atoms with Crippen LogP contribution in [0.1, 0.15) is 30.9 Å². The summed E-state index contributed by atoms with van der Waals surface area (Å²) in [4.78, 5) is 17.2. The predicted octanol–water partition coefficient (Wildman–Crippen LogP) is 2.57. The molecule has 1 atom stereocenters. The molecule has 2 aliphatic rings. The average molecular weight is 428 g/mol. The Morgan fingerprint density at radius 1 is 1.10 bits per heavy atom. The summed E-state index contributed by atoms with van der Waals surface area (Å²) in [5.74, 6) is 0.743. The van der Waals surface area contributed by atoms with Gasteiger partial charge in [0.15, 0.2) is 0 Å². The van der Waals surface area contributed by atoms with Crippen molar-refractivity contribution in [1.29, 1.82) is 0 Å². The number of rotatable bonds is 5. The lowest BCUT2D eigenvalue weighted by molar-refractivity contribution is -0.120. The zero-order valence-electron chi connectivity index (χ0n) is 17.3. The molecule has 7 heteroatoms. The third kappa shape index (κ3) is 4.58. The van der Waals surface area contributed by atoms with Crippen LogP contribution in [0.2, 0.25) is 0 Å². The summed E-state index contributed by atoms with van der Waals surface area (Å²) < 4.78 is 23.2. The van der Waals surface area contributed by atoms with Crippen LogP contribution < -0.4 is 10.0 Å². The highest BCUT2D eigenvalue weighted by Gasteiger charge is 2.33. The molecule has 1 unspecified atom stereocenters. The topological polar surface area (TPSA) is 83.7 Å². The fourth-order valence-electron chi connectivity index (χ4n) is 4.73. The van der Waals surface area contributed by atoms with Gasteiger partial charge < -0.3 is 4.90 Å². The second-order valence-corrected chi connectivity index (χ2v) is 10.1. The van der Waals surface area contributed by atoms with Crippen LogP contribution in [0.25, 0.3) is 0 Å². The van der Waals surface area contributed by atoms with E-state index >= 15 is 0 Å². The van der Waals surface area contributed by atoms with Crippen molar-refractivity contribution >= 4 is 21.6 Å². The third-order valence-corrected chi connectivity index (χ3v) is 7.21. The molecule has 30 heavy (non-hydrogen) atoms. The minimum atomic E-state index is -3.74. The maximum Gasteiger partial charge on any atom is 0.241 e. The van der Waals surface area contributed by atoms with Crippen molar-refractivity contribution in [1.82, 2.24) is 4.90 Å². The van der Waals surface area contributed by atoms with E-state index in [0.29, 0.717) is 18.9 Å². The zero-order chi connectivity index (χ0) is 21.3. The Bertz CT molecular complexity index is 1020. The molecule has 1 fully saturated rings. The highest BCUT2D eigenvalue weighted by atomic mass is 32.2. The van der Waals surface area contributed by atoms with Crippen molar-refractivity contribution in [3.8, 4) is 0 Å². The van der Waals surface area contributed by atoms with Gasteiger partial charge in [0.1, 0.15) is 0 Å². The van der Waals surface area contributed by atoms with Crippen LogP contribution >= 0.6 is 0 Å². The number of anilines is 1. The van der Waals surface area contributed by atoms with Crippen molar-refractivity contribution in [2.75, 3.05) is 24.5 Å². The number of benzene rings is 2. The molecule has 2 N–H and O–H groups in total. The molecule has 160 valence electrons. The third-order valence-electron chi connectivity index (χ3n) is 6.30. The van der Waals surface area contributed by atoms with Crippen LogP contribution in [0.3, 0.4) is 0 Å². The maximum absolute atomic E-state index is 13.1. The minimum absolute atomic E-state index is 0.0128. The molecule has 0 bridgehead atoms. The molecule has 0 radical (unpaired) electrons. The number of fused-ring (bicyclic) bond motifs is 1. The second kappa shape index (κ2) is 8.49. The largest absolute Gasteiger partial charge is 0.308 e. The molecule has 0 aromatic heterocycles. The molecule has 6 nitrogen and oxygen atoms in total. The number of nitrogens with zero attached hydrogens (tertiary/aromatic N) is 2. The van der Waals surface area contributed by atoms with E-state index < -0.39 is 10.0 Å². The Balaban J connectivity index is 1.36. The standard InChI is InChI=1S/C23H29N3O3S/c1-17-13-20-15-21(30(24,28)29)7-8-22(20)26(17)23(27)16-25-11-9-19(10-12-25)14-18-5-3-2-4-6-18/h2-8,15,17,19H,9-14,16H2,1H3,(H2,24,28,29). The Hall–Kier alpha value is -2.22. The molecule has 0 aliphatic carbocycles. The summed E-state index contributed by atoms with van der Waals surface area (Å²) in [6, 6.07) is 15.4. The predicted molar refractivity (Wildman–Crippen MR) is 118 cm³/mol. The molecule has 0 saturated carbocycles. The summed E-state index contributed by atoms with van der Waals surface area (Å²) in [6.45, 7) is 4.27. The lowest BCUT2D eigenvalue weighted by Gasteiger charge is -2.33. The van der Waals surface area contributed by atoms with E-state index in [2.05, 4.69) is 29.2 Å². The highest BCUT2D eigenvalue weighted by Crippen LogP contribution is 2.34. The second-order valence-electron chi connectivity index (χ2n) is 8.56. The van der Waals surface area contributed by atoms with Crippen molar-refractivity contribution in [3.63, 3.8) is 0 Å². The van der Waals surface area contributed by atoms with E-state index in [0.717, 1.165) is 43.6 Å². The van der Waals surface area contributed by atoms with Crippen LogP contribution in [0, 0.1) is 5.92 Å². The van der Waals surface area contributed by atoms with Crippen LogP contribution in [0.15, 0.2) is 53.4 Å². The summed E-state index contributed by atoms with van der Waals surface area (Å²) in [5.41, 5.74) is 3.05. The van der Waals surface area contributed by atoms with Gasteiger partial charge in [0.05, 0.1) is 11.4 Å². The number of hydrogen-bond acceptors (Lipinski definition) is 4. The first kappa shape index (κ1) is 21.0. The summed E-state index contributed by atoms with van der Waals surface area (Å²) >= 11 is 0. The van der Waals surface area contributed by atoms with Crippen molar-refractivity contribution < 1.29 is 13.2 Å². The summed E-state index contributed by atoms with van der Waals surface area (Å²) in [6.07, 6.45) is 3.95. The van der Waals surface area contributed by atoms with Gasteiger partial charge >= 0.3 is 0 Å². The summed E-state index contributed by atoms with van der Waals surface area (Å²) in [7, 11) is -3.74. The smallest absolute Gasteiger partial charge is 0.241 e. The van der Waals surface area contributed by atoms with Crippen molar-refractivity contribution in [2.24, 2.45) is 11.1 Å². The average Bonchev–Trinajstić information content (AvgIpc) is 3.04. The normalized spacial score (nSPS) is 20.3. The SMILES string of the molecule is CC1Cc2cc(S(N)(=O)=O)ccc2N1C(=O)CN1CCC(Cc2ccccc2)CC1. The number of sulfonamides is 1. The lowest BCUT2D eigenvalue weighted by Crippen LogP contribution is -2.45. The van der Waals surface area contributed by atoms with Gasteiger partial charge in [-0.1, -0.05) is 30.3 Å². The van der Waals surface area contributed by atoms with E-state index in [4.69, 9.17) is 5.14 Å². The number of amides is 1. The molecule has 0 spiro atoms. The molecular weight excluding hydrogens is 398 g/mol. The highest BCUT2D eigenvalue weighted by molar-refractivity contribution is 7.89.